The van der Waals surface area contributed by atoms with Crippen LogP contribution in [0, 0.1) is 0 Å². The monoisotopic (exact) mass is 326 g/mol. The number of nitrogens with one attached hydrogen (secondary N) is 2. The summed E-state index contributed by atoms with van der Waals surface area (Å²) in [6.45, 7) is 0. The van der Waals surface area contributed by atoms with Gasteiger partial charge in [-0.15, -0.1) is 23.1 Å². The summed E-state index contributed by atoms with van der Waals surface area (Å²) >= 11 is 8.65. The molecule has 2 N–H and O–H groups in total. The largest absolute Gasteiger partial charge is 0.326 e. The number of rotatable bonds is 3. The minimum Gasteiger partial charge on any atom is -0.308 e. The van der Waals surface area contributed by atoms with Gasteiger partial charge in [0.05, 0.1) is 9.09 Å². The maximum atomic E-state index is 11.8. The second-order valence-electron chi connectivity index (χ2n) is 3.74. The molecule has 2 aromatic rings. The molecule has 0 aliphatic heterocycles. The number of amides is 3. The normalized spacial score (nSPS) is 10.1. The van der Waals surface area contributed by atoms with E-state index in [4.69, 9.17) is 11.6 Å². The highest BCUT2D eigenvalue weighted by molar-refractivity contribution is 8.00. The lowest BCUT2D eigenvalue weighted by atomic mass is 10.3. The third-order valence-corrected chi connectivity index (χ3v) is 4.75. The molecule has 1 aromatic carbocycles. The van der Waals surface area contributed by atoms with Gasteiger partial charge in [-0.05, 0) is 42.7 Å². The zero-order valence-corrected chi connectivity index (χ0v) is 12.9. The van der Waals surface area contributed by atoms with E-state index in [0.29, 0.717) is 15.6 Å². The molecule has 7 heteroatoms. The fourth-order valence-electron chi connectivity index (χ4n) is 1.41. The average Bonchev–Trinajstić information content (AvgIpc) is 2.90. The second kappa shape index (κ2) is 6.78. The fraction of sp³-hybridized carbons (Fsp3) is 0.0769. The molecule has 20 heavy (non-hydrogen) atoms. The minimum atomic E-state index is -0.573. The lowest BCUT2D eigenvalue weighted by Gasteiger charge is -2.05. The number of halogens is 1. The predicted molar refractivity (Wildman–Crippen MR) is 84.0 cm³/mol. The van der Waals surface area contributed by atoms with Crippen LogP contribution in [0.15, 0.2) is 40.6 Å². The number of hydrogen-bond donors (Lipinski definition) is 2. The third-order valence-electron chi connectivity index (χ3n) is 2.34. The smallest absolute Gasteiger partial charge is 0.308 e. The summed E-state index contributed by atoms with van der Waals surface area (Å²) in [7, 11) is 0. The first-order valence-electron chi connectivity index (χ1n) is 5.60. The van der Waals surface area contributed by atoms with Gasteiger partial charge in [-0.2, -0.15) is 0 Å². The summed E-state index contributed by atoms with van der Waals surface area (Å²) < 4.78 is 1.02. The quantitative estimate of drug-likeness (QED) is 0.835. The maximum absolute atomic E-state index is 11.8. The maximum Gasteiger partial charge on any atom is 0.326 e. The van der Waals surface area contributed by atoms with Crippen molar-refractivity contribution in [3.63, 3.8) is 0 Å². The zero-order valence-electron chi connectivity index (χ0n) is 10.5. The summed E-state index contributed by atoms with van der Waals surface area (Å²) in [5, 5.41) is 5.42. The van der Waals surface area contributed by atoms with E-state index in [1.54, 1.807) is 42.1 Å². The van der Waals surface area contributed by atoms with Gasteiger partial charge in [-0.1, -0.05) is 11.6 Å². The second-order valence-corrected chi connectivity index (χ2v) is 6.36. The van der Waals surface area contributed by atoms with E-state index in [1.807, 2.05) is 12.3 Å². The molecule has 0 bridgehead atoms. The fourth-order valence-corrected chi connectivity index (χ4v) is 2.98. The highest BCUT2D eigenvalue weighted by atomic mass is 35.5. The molecule has 0 aliphatic carbocycles. The number of anilines is 1. The van der Waals surface area contributed by atoms with Crippen LogP contribution in [-0.4, -0.2) is 18.2 Å². The Kier molecular flexibility index (Phi) is 5.05. The minimum absolute atomic E-state index is 0.415. The van der Waals surface area contributed by atoms with Gasteiger partial charge < -0.3 is 5.32 Å². The number of thiophene rings is 1. The van der Waals surface area contributed by atoms with Crippen molar-refractivity contribution in [1.29, 1.82) is 0 Å². The van der Waals surface area contributed by atoms with Gasteiger partial charge >= 0.3 is 6.03 Å². The third kappa shape index (κ3) is 4.00. The summed E-state index contributed by atoms with van der Waals surface area (Å²) in [4.78, 5) is 24.0. The van der Waals surface area contributed by atoms with Crippen LogP contribution in [0.2, 0.25) is 5.02 Å². The van der Waals surface area contributed by atoms with Crippen molar-refractivity contribution < 1.29 is 9.59 Å². The molecule has 0 atom stereocenters. The highest BCUT2D eigenvalue weighted by Crippen LogP contribution is 2.24. The molecule has 1 heterocycles. The molecule has 0 saturated heterocycles. The van der Waals surface area contributed by atoms with E-state index in [2.05, 4.69) is 10.6 Å². The van der Waals surface area contributed by atoms with Crippen LogP contribution in [0.25, 0.3) is 0 Å². The highest BCUT2D eigenvalue weighted by Gasteiger charge is 2.12. The Morgan fingerprint density at radius 1 is 1.15 bits per heavy atom. The molecule has 4 nitrogen and oxygen atoms in total. The zero-order chi connectivity index (χ0) is 14.5. The molecule has 0 saturated carbocycles. The van der Waals surface area contributed by atoms with Gasteiger partial charge in [-0.25, -0.2) is 4.79 Å². The Labute approximate surface area is 129 Å². The first-order valence-corrected chi connectivity index (χ1v) is 8.02. The molecule has 0 aliphatic rings. The van der Waals surface area contributed by atoms with Crippen LogP contribution in [0.3, 0.4) is 0 Å². The van der Waals surface area contributed by atoms with Gasteiger partial charge in [-0.3, -0.25) is 10.1 Å². The first kappa shape index (κ1) is 14.9. The molecular weight excluding hydrogens is 316 g/mol. The Hall–Kier alpha value is -1.50. The van der Waals surface area contributed by atoms with Crippen LogP contribution in [0.1, 0.15) is 9.67 Å². The molecule has 2 rings (SSSR count). The van der Waals surface area contributed by atoms with Crippen LogP contribution in [0.4, 0.5) is 10.5 Å². The summed E-state index contributed by atoms with van der Waals surface area (Å²) in [6.07, 6.45) is 1.93. The van der Waals surface area contributed by atoms with Gasteiger partial charge in [0.1, 0.15) is 0 Å². The SMILES string of the molecule is CSc1ccc(C(=O)NC(=O)Nc2ccc(Cl)cc2)s1. The van der Waals surface area contributed by atoms with Crippen molar-refractivity contribution in [1.82, 2.24) is 5.32 Å². The van der Waals surface area contributed by atoms with Crippen LogP contribution < -0.4 is 10.6 Å². The summed E-state index contributed by atoms with van der Waals surface area (Å²) in [5.41, 5.74) is 0.565. The molecule has 0 unspecified atom stereocenters. The Morgan fingerprint density at radius 2 is 1.85 bits per heavy atom. The van der Waals surface area contributed by atoms with E-state index in [-0.39, 0.29) is 0 Å². The lowest BCUT2D eigenvalue weighted by molar-refractivity contribution is 0.0971. The number of urea groups is 1. The molecule has 3 amide bonds. The number of carbonyl (C=O) groups is 2. The topological polar surface area (TPSA) is 58.2 Å². The van der Waals surface area contributed by atoms with Gasteiger partial charge in [0.2, 0.25) is 0 Å². The molecular formula is C13H11ClN2O2S2. The van der Waals surface area contributed by atoms with Crippen molar-refractivity contribution in [2.24, 2.45) is 0 Å². The number of thioether (sulfide) groups is 1. The van der Waals surface area contributed by atoms with Crippen LogP contribution >= 0.6 is 34.7 Å². The summed E-state index contributed by atoms with van der Waals surface area (Å²) in [5.74, 6) is -0.415. The van der Waals surface area contributed by atoms with E-state index in [9.17, 15) is 9.59 Å². The van der Waals surface area contributed by atoms with E-state index >= 15 is 0 Å². The van der Waals surface area contributed by atoms with Crippen molar-refractivity contribution in [2.45, 2.75) is 4.21 Å². The van der Waals surface area contributed by atoms with E-state index in [1.165, 1.54) is 11.3 Å². The number of imide groups is 1. The molecule has 0 spiro atoms. The molecule has 0 radical (unpaired) electrons. The average molecular weight is 327 g/mol. The lowest BCUT2D eigenvalue weighted by Crippen LogP contribution is -2.33. The van der Waals surface area contributed by atoms with Gasteiger partial charge in [0.15, 0.2) is 0 Å². The molecule has 1 aromatic heterocycles. The van der Waals surface area contributed by atoms with E-state index in [0.717, 1.165) is 4.21 Å². The predicted octanol–water partition coefficient (Wildman–Crippen LogP) is 4.09. The van der Waals surface area contributed by atoms with Gasteiger partial charge in [0, 0.05) is 10.7 Å². The number of benzene rings is 1. The van der Waals surface area contributed by atoms with Gasteiger partial charge in [0.25, 0.3) is 5.91 Å². The molecule has 0 fully saturated rings. The van der Waals surface area contributed by atoms with Crippen molar-refractivity contribution in [3.8, 4) is 0 Å². The van der Waals surface area contributed by atoms with Crippen molar-refractivity contribution in [2.75, 3.05) is 11.6 Å². The number of carbonyl (C=O) groups excluding carboxylic acids is 2. The standard InChI is InChI=1S/C13H11ClN2O2S2/c1-19-11-7-6-10(20-11)12(17)16-13(18)15-9-4-2-8(14)3-5-9/h2-7H,1H3,(H2,15,16,17,18). The van der Waals surface area contributed by atoms with Crippen molar-refractivity contribution >= 4 is 52.3 Å². The molecule has 104 valence electrons. The first-order chi connectivity index (χ1) is 9.58. The Bertz CT molecular complexity index is 626. The Balaban J connectivity index is 1.94. The van der Waals surface area contributed by atoms with Crippen molar-refractivity contribution in [3.05, 3.63) is 46.3 Å². The van der Waals surface area contributed by atoms with Crippen LogP contribution in [0.5, 0.6) is 0 Å². The van der Waals surface area contributed by atoms with E-state index < -0.39 is 11.9 Å². The van der Waals surface area contributed by atoms with Crippen LogP contribution in [-0.2, 0) is 0 Å². The summed E-state index contributed by atoms with van der Waals surface area (Å²) in [6, 6.07) is 9.60. The number of hydrogen-bond acceptors (Lipinski definition) is 4. The Morgan fingerprint density at radius 3 is 2.45 bits per heavy atom.